The second-order valence-electron chi connectivity index (χ2n) is 7.90. The Labute approximate surface area is 119 Å². The van der Waals surface area contributed by atoms with Gasteiger partial charge in [-0.1, -0.05) is 32.1 Å². The predicted molar refractivity (Wildman–Crippen MR) is 81.1 cm³/mol. The number of likely N-dealkylation sites (tertiary alicyclic amines) is 1. The first-order valence-corrected chi connectivity index (χ1v) is 8.61. The zero-order valence-corrected chi connectivity index (χ0v) is 12.8. The molecule has 1 unspecified atom stereocenters. The fraction of sp³-hybridized carbons (Fsp3) is 1.00. The Balaban J connectivity index is 1.58. The summed E-state index contributed by atoms with van der Waals surface area (Å²) in [5.41, 5.74) is 7.19. The highest BCUT2D eigenvalue weighted by Gasteiger charge is 2.42. The summed E-state index contributed by atoms with van der Waals surface area (Å²) < 4.78 is 0. The first-order valence-electron chi connectivity index (χ1n) is 8.61. The largest absolute Gasteiger partial charge is 0.329 e. The summed E-state index contributed by atoms with van der Waals surface area (Å²) in [4.78, 5) is 2.74. The number of nitrogens with zero attached hydrogens (tertiary/aromatic N) is 1. The standard InChI is InChI=1S/C17H32N2/c1-16(14-18,13-15-5-4-6-15)19-11-9-17(10-12-19)7-2-3-8-17/h15H,2-14,18H2,1H3. The molecule has 2 nitrogen and oxygen atoms in total. The van der Waals surface area contributed by atoms with Crippen molar-refractivity contribution in [3.8, 4) is 0 Å². The summed E-state index contributed by atoms with van der Waals surface area (Å²) in [6.45, 7) is 5.88. The molecule has 1 atom stereocenters. The van der Waals surface area contributed by atoms with Crippen LogP contribution < -0.4 is 5.73 Å². The minimum Gasteiger partial charge on any atom is -0.329 e. The van der Waals surface area contributed by atoms with Crippen LogP contribution in [-0.2, 0) is 0 Å². The van der Waals surface area contributed by atoms with Crippen LogP contribution in [0, 0.1) is 11.3 Å². The van der Waals surface area contributed by atoms with Gasteiger partial charge in [0.15, 0.2) is 0 Å². The predicted octanol–water partition coefficient (Wildman–Crippen LogP) is 3.55. The molecule has 0 aromatic heterocycles. The van der Waals surface area contributed by atoms with Gasteiger partial charge in [-0.15, -0.1) is 0 Å². The molecule has 1 aliphatic heterocycles. The lowest BCUT2D eigenvalue weighted by molar-refractivity contribution is 0.0109. The maximum absolute atomic E-state index is 6.17. The Hall–Kier alpha value is -0.0800. The van der Waals surface area contributed by atoms with Gasteiger partial charge in [0, 0.05) is 12.1 Å². The fourth-order valence-electron chi connectivity index (χ4n) is 4.81. The summed E-state index contributed by atoms with van der Waals surface area (Å²) >= 11 is 0. The third-order valence-electron chi connectivity index (χ3n) is 6.64. The molecule has 0 aromatic rings. The lowest BCUT2D eigenvalue weighted by Gasteiger charge is -2.49. The number of hydrogen-bond acceptors (Lipinski definition) is 2. The topological polar surface area (TPSA) is 29.3 Å². The van der Waals surface area contributed by atoms with Crippen LogP contribution in [0.1, 0.15) is 71.1 Å². The average Bonchev–Trinajstić information content (AvgIpc) is 2.83. The van der Waals surface area contributed by atoms with Gasteiger partial charge in [-0.25, -0.2) is 0 Å². The maximum atomic E-state index is 6.17. The molecule has 0 aromatic carbocycles. The van der Waals surface area contributed by atoms with E-state index in [0.29, 0.717) is 0 Å². The summed E-state index contributed by atoms with van der Waals surface area (Å²) in [5.74, 6) is 0.968. The van der Waals surface area contributed by atoms with Crippen LogP contribution in [0.5, 0.6) is 0 Å². The Bertz CT molecular complexity index is 294. The van der Waals surface area contributed by atoms with E-state index < -0.39 is 0 Å². The van der Waals surface area contributed by atoms with Gasteiger partial charge in [-0.05, 0) is 63.5 Å². The molecule has 2 heteroatoms. The highest BCUT2D eigenvalue weighted by molar-refractivity contribution is 4.97. The van der Waals surface area contributed by atoms with Crippen LogP contribution in [0.4, 0.5) is 0 Å². The second kappa shape index (κ2) is 5.37. The highest BCUT2D eigenvalue weighted by Crippen LogP contribution is 2.47. The maximum Gasteiger partial charge on any atom is 0.0306 e. The van der Waals surface area contributed by atoms with Crippen LogP contribution in [0.15, 0.2) is 0 Å². The Morgan fingerprint density at radius 1 is 1.05 bits per heavy atom. The number of hydrogen-bond donors (Lipinski definition) is 1. The van der Waals surface area contributed by atoms with Crippen molar-refractivity contribution in [2.75, 3.05) is 19.6 Å². The van der Waals surface area contributed by atoms with Crippen molar-refractivity contribution in [2.45, 2.75) is 76.7 Å². The van der Waals surface area contributed by atoms with E-state index in [1.54, 1.807) is 0 Å². The number of piperidine rings is 1. The first kappa shape index (κ1) is 13.9. The molecule has 1 saturated heterocycles. The number of nitrogens with two attached hydrogens (primary N) is 1. The third-order valence-corrected chi connectivity index (χ3v) is 6.64. The van der Waals surface area contributed by atoms with Crippen molar-refractivity contribution in [1.29, 1.82) is 0 Å². The molecule has 19 heavy (non-hydrogen) atoms. The van der Waals surface area contributed by atoms with Crippen molar-refractivity contribution >= 4 is 0 Å². The molecule has 110 valence electrons. The average molecular weight is 264 g/mol. The molecule has 3 aliphatic rings. The van der Waals surface area contributed by atoms with E-state index in [1.807, 2.05) is 0 Å². The molecule has 2 N–H and O–H groups in total. The van der Waals surface area contributed by atoms with Gasteiger partial charge in [0.2, 0.25) is 0 Å². The van der Waals surface area contributed by atoms with Gasteiger partial charge in [-0.3, -0.25) is 4.90 Å². The van der Waals surface area contributed by atoms with E-state index in [2.05, 4.69) is 11.8 Å². The molecular weight excluding hydrogens is 232 g/mol. The van der Waals surface area contributed by atoms with Crippen molar-refractivity contribution in [1.82, 2.24) is 4.90 Å². The van der Waals surface area contributed by atoms with Crippen molar-refractivity contribution in [2.24, 2.45) is 17.1 Å². The normalized spacial score (nSPS) is 31.3. The molecule has 0 bridgehead atoms. The molecule has 0 radical (unpaired) electrons. The van der Waals surface area contributed by atoms with E-state index in [4.69, 9.17) is 5.73 Å². The van der Waals surface area contributed by atoms with Crippen molar-refractivity contribution in [3.05, 3.63) is 0 Å². The molecule has 0 amide bonds. The highest BCUT2D eigenvalue weighted by atomic mass is 15.2. The SMILES string of the molecule is CC(CN)(CC1CCC1)N1CCC2(CCCC2)CC1. The van der Waals surface area contributed by atoms with Gasteiger partial charge < -0.3 is 5.73 Å². The number of rotatable bonds is 4. The quantitative estimate of drug-likeness (QED) is 0.841. The van der Waals surface area contributed by atoms with E-state index >= 15 is 0 Å². The lowest BCUT2D eigenvalue weighted by Crippen LogP contribution is -2.56. The fourth-order valence-corrected chi connectivity index (χ4v) is 4.81. The van der Waals surface area contributed by atoms with Gasteiger partial charge >= 0.3 is 0 Å². The second-order valence-corrected chi connectivity index (χ2v) is 7.90. The first-order chi connectivity index (χ1) is 9.16. The van der Waals surface area contributed by atoms with Gasteiger partial charge in [-0.2, -0.15) is 0 Å². The van der Waals surface area contributed by atoms with Crippen molar-refractivity contribution in [3.63, 3.8) is 0 Å². The third kappa shape index (κ3) is 2.71. The Morgan fingerprint density at radius 3 is 2.16 bits per heavy atom. The zero-order chi connectivity index (χ0) is 13.3. The summed E-state index contributed by atoms with van der Waals surface area (Å²) in [7, 11) is 0. The van der Waals surface area contributed by atoms with E-state index in [0.717, 1.165) is 17.9 Å². The molecule has 1 spiro atoms. The molecule has 1 heterocycles. The van der Waals surface area contributed by atoms with Gasteiger partial charge in [0.25, 0.3) is 0 Å². The zero-order valence-electron chi connectivity index (χ0n) is 12.8. The minimum absolute atomic E-state index is 0.283. The van der Waals surface area contributed by atoms with Gasteiger partial charge in [0.1, 0.15) is 0 Å². The molecular formula is C17H32N2. The Kier molecular flexibility index (Phi) is 3.92. The molecule has 3 rings (SSSR count). The van der Waals surface area contributed by atoms with Gasteiger partial charge in [0.05, 0.1) is 0 Å². The summed E-state index contributed by atoms with van der Waals surface area (Å²) in [5, 5.41) is 0. The van der Waals surface area contributed by atoms with Crippen LogP contribution >= 0.6 is 0 Å². The molecule has 3 fully saturated rings. The van der Waals surface area contributed by atoms with E-state index in [1.165, 1.54) is 77.3 Å². The van der Waals surface area contributed by atoms with E-state index in [9.17, 15) is 0 Å². The van der Waals surface area contributed by atoms with Crippen LogP contribution in [-0.4, -0.2) is 30.1 Å². The van der Waals surface area contributed by atoms with Crippen LogP contribution in [0.2, 0.25) is 0 Å². The molecule has 2 aliphatic carbocycles. The Morgan fingerprint density at radius 2 is 1.68 bits per heavy atom. The lowest BCUT2D eigenvalue weighted by atomic mass is 9.73. The smallest absolute Gasteiger partial charge is 0.0306 e. The minimum atomic E-state index is 0.283. The summed E-state index contributed by atoms with van der Waals surface area (Å²) in [6, 6.07) is 0. The van der Waals surface area contributed by atoms with E-state index in [-0.39, 0.29) is 5.54 Å². The summed E-state index contributed by atoms with van der Waals surface area (Å²) in [6.07, 6.45) is 14.5. The monoisotopic (exact) mass is 264 g/mol. The molecule has 2 saturated carbocycles. The van der Waals surface area contributed by atoms with Crippen LogP contribution in [0.3, 0.4) is 0 Å². The van der Waals surface area contributed by atoms with Crippen LogP contribution in [0.25, 0.3) is 0 Å². The van der Waals surface area contributed by atoms with Crippen molar-refractivity contribution < 1.29 is 0 Å².